The van der Waals surface area contributed by atoms with Gasteiger partial charge in [0.25, 0.3) is 5.91 Å². The highest BCUT2D eigenvalue weighted by molar-refractivity contribution is 7.09. The summed E-state index contributed by atoms with van der Waals surface area (Å²) in [4.78, 5) is 21.7. The minimum atomic E-state index is 0.0482. The van der Waals surface area contributed by atoms with Crippen LogP contribution in [-0.4, -0.2) is 53.5 Å². The molecule has 0 aliphatic carbocycles. The monoisotopic (exact) mass is 423 g/mol. The maximum absolute atomic E-state index is 12.6. The zero-order chi connectivity index (χ0) is 21.1. The molecule has 30 heavy (non-hydrogen) atoms. The zero-order valence-electron chi connectivity index (χ0n) is 17.9. The molecule has 158 valence electrons. The van der Waals surface area contributed by atoms with Gasteiger partial charge in [-0.15, -0.1) is 11.3 Å². The first-order chi connectivity index (χ1) is 14.4. The van der Waals surface area contributed by atoms with Gasteiger partial charge in [-0.05, 0) is 22.9 Å². The number of piperazine rings is 1. The molecule has 0 saturated carbocycles. The molecule has 5 nitrogen and oxygen atoms in total. The van der Waals surface area contributed by atoms with Crippen LogP contribution in [0.3, 0.4) is 0 Å². The molecule has 1 aromatic heterocycles. The number of carbonyl (C=O) groups excluding carboxylic acids is 1. The number of hydrogen-bond donors (Lipinski definition) is 0. The fourth-order valence-electron chi connectivity index (χ4n) is 3.57. The molecule has 3 aromatic rings. The van der Waals surface area contributed by atoms with Gasteiger partial charge in [0.15, 0.2) is 6.61 Å². The summed E-state index contributed by atoms with van der Waals surface area (Å²) in [5, 5.41) is 5.61. The number of hydrogen-bond acceptors (Lipinski definition) is 5. The van der Waals surface area contributed by atoms with E-state index < -0.39 is 0 Å². The Hall–Kier alpha value is -2.44. The van der Waals surface area contributed by atoms with Gasteiger partial charge in [-0.1, -0.05) is 51.1 Å². The van der Waals surface area contributed by atoms with Crippen LogP contribution in [0.2, 0.25) is 0 Å². The highest BCUT2D eigenvalue weighted by atomic mass is 32.1. The predicted octanol–water partition coefficient (Wildman–Crippen LogP) is 4.32. The first-order valence-corrected chi connectivity index (χ1v) is 11.3. The van der Waals surface area contributed by atoms with Crippen molar-refractivity contribution in [3.05, 3.63) is 58.5 Å². The van der Waals surface area contributed by atoms with Crippen molar-refractivity contribution in [2.24, 2.45) is 0 Å². The normalized spacial score (nSPS) is 15.5. The van der Waals surface area contributed by atoms with Gasteiger partial charge < -0.3 is 9.64 Å². The van der Waals surface area contributed by atoms with E-state index in [0.29, 0.717) is 0 Å². The summed E-state index contributed by atoms with van der Waals surface area (Å²) in [7, 11) is 0. The third-order valence-corrected chi connectivity index (χ3v) is 6.32. The maximum atomic E-state index is 12.6. The van der Waals surface area contributed by atoms with Gasteiger partial charge in [-0.3, -0.25) is 9.69 Å². The third-order valence-electron chi connectivity index (χ3n) is 5.49. The molecule has 2 aromatic carbocycles. The number of thiazole rings is 1. The second kappa shape index (κ2) is 8.74. The van der Waals surface area contributed by atoms with Crippen molar-refractivity contribution in [3.8, 4) is 5.75 Å². The Balaban J connectivity index is 1.25. The standard InChI is InChI=1S/C24H29N3O2S/c1-24(2,3)21-17-30-22(25-21)15-26-10-12-27(13-11-26)23(28)16-29-20-9-8-18-6-4-5-7-19(18)14-20/h4-9,14,17H,10-13,15-16H2,1-3H3. The van der Waals surface area contributed by atoms with E-state index in [1.165, 1.54) is 5.39 Å². The van der Waals surface area contributed by atoms with E-state index in [2.05, 4.69) is 43.2 Å². The predicted molar refractivity (Wildman–Crippen MR) is 122 cm³/mol. The van der Waals surface area contributed by atoms with Crippen molar-refractivity contribution in [1.82, 2.24) is 14.8 Å². The number of ether oxygens (including phenoxy) is 1. The SMILES string of the molecule is CC(C)(C)c1csc(CN2CCN(C(=O)COc3ccc4ccccc4c3)CC2)n1. The summed E-state index contributed by atoms with van der Waals surface area (Å²) in [6.07, 6.45) is 0. The van der Waals surface area contributed by atoms with E-state index in [0.717, 1.165) is 54.6 Å². The Morgan fingerprint density at radius 2 is 1.80 bits per heavy atom. The molecule has 1 aliphatic rings. The van der Waals surface area contributed by atoms with Crippen molar-refractivity contribution < 1.29 is 9.53 Å². The molecule has 4 rings (SSSR count). The van der Waals surface area contributed by atoms with Gasteiger partial charge in [0, 0.05) is 37.0 Å². The van der Waals surface area contributed by atoms with E-state index >= 15 is 0 Å². The van der Waals surface area contributed by atoms with Gasteiger partial charge in [-0.25, -0.2) is 4.98 Å². The van der Waals surface area contributed by atoms with Crippen LogP contribution in [0.25, 0.3) is 10.8 Å². The number of fused-ring (bicyclic) bond motifs is 1. The number of rotatable bonds is 5. The fraction of sp³-hybridized carbons (Fsp3) is 0.417. The largest absolute Gasteiger partial charge is 0.484 e. The average Bonchev–Trinajstić information content (AvgIpc) is 3.21. The van der Waals surface area contributed by atoms with Crippen molar-refractivity contribution in [2.75, 3.05) is 32.8 Å². The summed E-state index contributed by atoms with van der Waals surface area (Å²) in [6.45, 7) is 10.7. The number of benzene rings is 2. The summed E-state index contributed by atoms with van der Waals surface area (Å²) >= 11 is 1.73. The number of carbonyl (C=O) groups is 1. The summed E-state index contributed by atoms with van der Waals surface area (Å²) in [6, 6.07) is 14.1. The minimum absolute atomic E-state index is 0.0482. The maximum Gasteiger partial charge on any atom is 0.260 e. The lowest BCUT2D eigenvalue weighted by molar-refractivity contribution is -0.135. The molecule has 1 amide bonds. The average molecular weight is 424 g/mol. The summed E-state index contributed by atoms with van der Waals surface area (Å²) in [5.74, 6) is 0.784. The second-order valence-electron chi connectivity index (χ2n) is 8.83. The third kappa shape index (κ3) is 4.99. The van der Waals surface area contributed by atoms with Gasteiger partial charge in [0.2, 0.25) is 0 Å². The lowest BCUT2D eigenvalue weighted by Gasteiger charge is -2.34. The van der Waals surface area contributed by atoms with Crippen molar-refractivity contribution >= 4 is 28.0 Å². The van der Waals surface area contributed by atoms with Crippen molar-refractivity contribution in [1.29, 1.82) is 0 Å². The molecule has 1 aliphatic heterocycles. The van der Waals surface area contributed by atoms with Crippen LogP contribution in [0.5, 0.6) is 5.75 Å². The molecule has 0 radical (unpaired) electrons. The number of amides is 1. The van der Waals surface area contributed by atoms with E-state index in [-0.39, 0.29) is 17.9 Å². The molecule has 1 saturated heterocycles. The van der Waals surface area contributed by atoms with Gasteiger partial charge in [-0.2, -0.15) is 0 Å². The molecule has 0 unspecified atom stereocenters. The van der Waals surface area contributed by atoms with E-state index in [9.17, 15) is 4.79 Å². The Bertz CT molecular complexity index is 1020. The number of aromatic nitrogens is 1. The smallest absolute Gasteiger partial charge is 0.260 e. The Labute approximate surface area is 182 Å². The fourth-order valence-corrected chi connectivity index (χ4v) is 4.63. The topological polar surface area (TPSA) is 45.7 Å². The highest BCUT2D eigenvalue weighted by Gasteiger charge is 2.23. The van der Waals surface area contributed by atoms with E-state index in [4.69, 9.17) is 9.72 Å². The molecular weight excluding hydrogens is 394 g/mol. The van der Waals surface area contributed by atoms with Crippen LogP contribution in [0.1, 0.15) is 31.5 Å². The molecule has 0 spiro atoms. The summed E-state index contributed by atoms with van der Waals surface area (Å²) in [5.41, 5.74) is 1.24. The Morgan fingerprint density at radius 1 is 1.07 bits per heavy atom. The first kappa shape index (κ1) is 20.8. The molecule has 1 fully saturated rings. The van der Waals surface area contributed by atoms with Gasteiger partial charge >= 0.3 is 0 Å². The lowest BCUT2D eigenvalue weighted by atomic mass is 9.93. The van der Waals surface area contributed by atoms with Crippen LogP contribution in [0.15, 0.2) is 47.8 Å². The van der Waals surface area contributed by atoms with Crippen LogP contribution >= 0.6 is 11.3 Å². The van der Waals surface area contributed by atoms with Crippen molar-refractivity contribution in [2.45, 2.75) is 32.7 Å². The zero-order valence-corrected chi connectivity index (χ0v) is 18.7. The molecule has 6 heteroatoms. The second-order valence-corrected chi connectivity index (χ2v) is 9.77. The van der Waals surface area contributed by atoms with Gasteiger partial charge in [0.05, 0.1) is 12.2 Å². The lowest BCUT2D eigenvalue weighted by Crippen LogP contribution is -2.49. The minimum Gasteiger partial charge on any atom is -0.484 e. The quantitative estimate of drug-likeness (QED) is 0.613. The number of nitrogens with zero attached hydrogens (tertiary/aromatic N) is 3. The van der Waals surface area contributed by atoms with Crippen LogP contribution in [-0.2, 0) is 16.8 Å². The van der Waals surface area contributed by atoms with Crippen LogP contribution in [0.4, 0.5) is 0 Å². The van der Waals surface area contributed by atoms with Gasteiger partial charge in [0.1, 0.15) is 10.8 Å². The molecule has 0 N–H and O–H groups in total. The molecule has 2 heterocycles. The van der Waals surface area contributed by atoms with E-state index in [1.807, 2.05) is 35.2 Å². The Morgan fingerprint density at radius 3 is 2.50 bits per heavy atom. The van der Waals surface area contributed by atoms with Crippen LogP contribution in [0, 0.1) is 0 Å². The highest BCUT2D eigenvalue weighted by Crippen LogP contribution is 2.25. The van der Waals surface area contributed by atoms with Crippen LogP contribution < -0.4 is 4.74 Å². The molecule has 0 atom stereocenters. The van der Waals surface area contributed by atoms with E-state index in [1.54, 1.807) is 11.3 Å². The van der Waals surface area contributed by atoms with Crippen molar-refractivity contribution in [3.63, 3.8) is 0 Å². The molecular formula is C24H29N3O2S. The first-order valence-electron chi connectivity index (χ1n) is 10.4. The molecule has 0 bridgehead atoms. The summed E-state index contributed by atoms with van der Waals surface area (Å²) < 4.78 is 5.77. The Kier molecular flexibility index (Phi) is 6.06.